The van der Waals surface area contributed by atoms with Crippen LogP contribution in [0.15, 0.2) is 42.0 Å². The van der Waals surface area contributed by atoms with Crippen LogP contribution in [0, 0.1) is 0 Å². The van der Waals surface area contributed by atoms with Gasteiger partial charge in [-0.25, -0.2) is 4.79 Å². The van der Waals surface area contributed by atoms with E-state index in [0.29, 0.717) is 32.8 Å². The summed E-state index contributed by atoms with van der Waals surface area (Å²) in [5.74, 6) is 0. The molecule has 0 radical (unpaired) electrons. The van der Waals surface area contributed by atoms with Gasteiger partial charge < -0.3 is 19.7 Å². The zero-order valence-corrected chi connectivity index (χ0v) is 14.1. The molecule has 2 aliphatic rings. The van der Waals surface area contributed by atoms with E-state index in [-0.39, 0.29) is 12.1 Å². The van der Waals surface area contributed by atoms with Crippen LogP contribution in [0.2, 0.25) is 0 Å². The summed E-state index contributed by atoms with van der Waals surface area (Å²) in [6.45, 7) is 4.10. The van der Waals surface area contributed by atoms with Gasteiger partial charge >= 0.3 is 6.03 Å². The van der Waals surface area contributed by atoms with Gasteiger partial charge in [0.2, 0.25) is 0 Å². The molecule has 24 heavy (non-hydrogen) atoms. The van der Waals surface area contributed by atoms with E-state index in [0.717, 1.165) is 25.9 Å². The number of carbonyl (C=O) groups is 1. The molecule has 1 atom stereocenters. The number of rotatable bonds is 5. The van der Waals surface area contributed by atoms with Gasteiger partial charge in [-0.1, -0.05) is 42.0 Å². The normalized spacial score (nSPS) is 21.2. The smallest absolute Gasteiger partial charge is 0.317 e. The Kier molecular flexibility index (Phi) is 6.26. The summed E-state index contributed by atoms with van der Waals surface area (Å²) in [5, 5.41) is 3.03. The first-order valence-corrected chi connectivity index (χ1v) is 8.75. The van der Waals surface area contributed by atoms with Gasteiger partial charge in [0.1, 0.15) is 0 Å². The molecular formula is C19H26N2O3. The molecule has 1 aromatic rings. The van der Waals surface area contributed by atoms with E-state index in [9.17, 15) is 4.79 Å². The summed E-state index contributed by atoms with van der Waals surface area (Å²) in [7, 11) is 0. The van der Waals surface area contributed by atoms with Crippen LogP contribution in [0.3, 0.4) is 0 Å². The number of hydrogen-bond acceptors (Lipinski definition) is 3. The van der Waals surface area contributed by atoms with Crippen LogP contribution < -0.4 is 5.32 Å². The van der Waals surface area contributed by atoms with Crippen LogP contribution in [0.5, 0.6) is 0 Å². The summed E-state index contributed by atoms with van der Waals surface area (Å²) in [6.07, 6.45) is 4.93. The van der Waals surface area contributed by atoms with E-state index in [1.165, 1.54) is 11.1 Å². The lowest BCUT2D eigenvalue weighted by atomic mass is 10.1. The van der Waals surface area contributed by atoms with Crippen molar-refractivity contribution in [2.24, 2.45) is 0 Å². The summed E-state index contributed by atoms with van der Waals surface area (Å²) in [4.78, 5) is 14.2. The van der Waals surface area contributed by atoms with Crippen molar-refractivity contribution in [2.75, 3.05) is 39.5 Å². The highest BCUT2D eigenvalue weighted by molar-refractivity contribution is 5.74. The number of benzene rings is 1. The molecular weight excluding hydrogens is 304 g/mol. The van der Waals surface area contributed by atoms with Gasteiger partial charge in [0.25, 0.3) is 0 Å². The fourth-order valence-electron chi connectivity index (χ4n) is 3.14. The number of nitrogens with one attached hydrogen (secondary N) is 1. The lowest BCUT2D eigenvalue weighted by Crippen LogP contribution is -2.50. The minimum Gasteiger partial charge on any atom is -0.377 e. The Morgan fingerprint density at radius 2 is 2.12 bits per heavy atom. The third-order valence-corrected chi connectivity index (χ3v) is 4.51. The maximum Gasteiger partial charge on any atom is 0.317 e. The van der Waals surface area contributed by atoms with Crippen molar-refractivity contribution in [2.45, 2.75) is 25.4 Å². The molecule has 2 amide bonds. The lowest BCUT2D eigenvalue weighted by molar-refractivity contribution is -0.0132. The number of amides is 2. The van der Waals surface area contributed by atoms with Gasteiger partial charge in [0.15, 0.2) is 0 Å². The molecule has 0 bridgehead atoms. The van der Waals surface area contributed by atoms with Gasteiger partial charge in [-0.2, -0.15) is 0 Å². The topological polar surface area (TPSA) is 50.8 Å². The first kappa shape index (κ1) is 17.0. The molecule has 1 N–H and O–H groups in total. The Hall–Kier alpha value is -1.85. The van der Waals surface area contributed by atoms with Crippen LogP contribution in [-0.2, 0) is 15.9 Å². The molecule has 0 saturated carbocycles. The van der Waals surface area contributed by atoms with Crippen molar-refractivity contribution in [3.05, 3.63) is 47.5 Å². The van der Waals surface area contributed by atoms with E-state index in [2.05, 4.69) is 23.5 Å². The molecule has 3 rings (SSSR count). The Balaban J connectivity index is 1.42. The van der Waals surface area contributed by atoms with Crippen molar-refractivity contribution in [1.82, 2.24) is 10.2 Å². The zero-order valence-electron chi connectivity index (χ0n) is 14.1. The highest BCUT2D eigenvalue weighted by Crippen LogP contribution is 2.13. The quantitative estimate of drug-likeness (QED) is 0.843. The fourth-order valence-corrected chi connectivity index (χ4v) is 3.14. The average molecular weight is 330 g/mol. The standard InChI is InChI=1S/C19H26N2O3/c22-19(20-9-6-16-7-11-23-12-8-16)21-10-13-24-18(15-21)14-17-4-2-1-3-5-17/h1-5,7,18H,6,8-15H2,(H,20,22)/t18-/m0/s1. The molecule has 5 nitrogen and oxygen atoms in total. The molecule has 2 aliphatic heterocycles. The van der Waals surface area contributed by atoms with Crippen molar-refractivity contribution in [3.8, 4) is 0 Å². The number of morpholine rings is 1. The van der Waals surface area contributed by atoms with Crippen LogP contribution in [0.25, 0.3) is 0 Å². The second-order valence-electron chi connectivity index (χ2n) is 6.30. The predicted octanol–water partition coefficient (Wildman–Crippen LogP) is 2.38. The Morgan fingerprint density at radius 3 is 2.92 bits per heavy atom. The number of urea groups is 1. The lowest BCUT2D eigenvalue weighted by Gasteiger charge is -2.33. The number of hydrogen-bond donors (Lipinski definition) is 1. The summed E-state index contributed by atoms with van der Waals surface area (Å²) < 4.78 is 11.1. The van der Waals surface area contributed by atoms with Crippen LogP contribution >= 0.6 is 0 Å². The first-order valence-electron chi connectivity index (χ1n) is 8.75. The summed E-state index contributed by atoms with van der Waals surface area (Å²) in [5.41, 5.74) is 2.63. The molecule has 130 valence electrons. The molecule has 0 aromatic heterocycles. The Bertz CT molecular complexity index is 559. The first-order chi connectivity index (χ1) is 11.8. The highest BCUT2D eigenvalue weighted by Gasteiger charge is 2.24. The second-order valence-corrected chi connectivity index (χ2v) is 6.30. The number of ether oxygens (including phenoxy) is 2. The monoisotopic (exact) mass is 330 g/mol. The molecule has 1 saturated heterocycles. The van der Waals surface area contributed by atoms with E-state index in [1.54, 1.807) is 0 Å². The molecule has 2 heterocycles. The zero-order chi connectivity index (χ0) is 16.6. The third kappa shape index (κ3) is 5.08. The van der Waals surface area contributed by atoms with Crippen LogP contribution in [0.4, 0.5) is 4.79 Å². The SMILES string of the molecule is O=C(NCCC1=CCOCC1)N1CCO[C@@H](Cc2ccccc2)C1. The van der Waals surface area contributed by atoms with Crippen LogP contribution in [0.1, 0.15) is 18.4 Å². The van der Waals surface area contributed by atoms with Crippen molar-refractivity contribution in [1.29, 1.82) is 0 Å². The second kappa shape index (κ2) is 8.85. The maximum absolute atomic E-state index is 12.4. The maximum atomic E-state index is 12.4. The third-order valence-electron chi connectivity index (χ3n) is 4.51. The Morgan fingerprint density at radius 1 is 1.25 bits per heavy atom. The highest BCUT2D eigenvalue weighted by atomic mass is 16.5. The molecule has 1 fully saturated rings. The van der Waals surface area contributed by atoms with E-state index >= 15 is 0 Å². The van der Waals surface area contributed by atoms with Gasteiger partial charge in [0.05, 0.1) is 25.9 Å². The molecule has 0 unspecified atom stereocenters. The van der Waals surface area contributed by atoms with Gasteiger partial charge in [-0.3, -0.25) is 0 Å². The number of nitrogens with zero attached hydrogens (tertiary/aromatic N) is 1. The minimum atomic E-state index is 0.0176. The van der Waals surface area contributed by atoms with Gasteiger partial charge in [-0.05, 0) is 18.4 Å². The van der Waals surface area contributed by atoms with E-state index < -0.39 is 0 Å². The van der Waals surface area contributed by atoms with Gasteiger partial charge in [0, 0.05) is 26.1 Å². The van der Waals surface area contributed by atoms with Gasteiger partial charge in [-0.15, -0.1) is 0 Å². The van der Waals surface area contributed by atoms with Crippen molar-refractivity contribution >= 4 is 6.03 Å². The molecule has 5 heteroatoms. The summed E-state index contributed by atoms with van der Waals surface area (Å²) in [6, 6.07) is 10.3. The van der Waals surface area contributed by atoms with Crippen molar-refractivity contribution in [3.63, 3.8) is 0 Å². The largest absolute Gasteiger partial charge is 0.377 e. The van der Waals surface area contributed by atoms with Crippen molar-refractivity contribution < 1.29 is 14.3 Å². The molecule has 0 aliphatic carbocycles. The Labute approximate surface area is 143 Å². The number of carbonyl (C=O) groups excluding carboxylic acids is 1. The molecule has 0 spiro atoms. The van der Waals surface area contributed by atoms with E-state index in [1.807, 2.05) is 23.1 Å². The predicted molar refractivity (Wildman–Crippen MR) is 93.0 cm³/mol. The average Bonchev–Trinajstić information content (AvgIpc) is 2.64. The fraction of sp³-hybridized carbons (Fsp3) is 0.526. The van der Waals surface area contributed by atoms with E-state index in [4.69, 9.17) is 9.47 Å². The summed E-state index contributed by atoms with van der Waals surface area (Å²) >= 11 is 0. The van der Waals surface area contributed by atoms with Crippen LogP contribution in [-0.4, -0.2) is 56.5 Å². The molecule has 1 aromatic carbocycles. The minimum absolute atomic E-state index is 0.0176.